The van der Waals surface area contributed by atoms with Crippen LogP contribution in [0.1, 0.15) is 177 Å². The van der Waals surface area contributed by atoms with Crippen LogP contribution in [0.15, 0.2) is 78.9 Å². The fourth-order valence-corrected chi connectivity index (χ4v) is 4.79. The number of carbonyl (C=O) groups is 1. The lowest BCUT2D eigenvalue weighted by molar-refractivity contribution is -0.936. The van der Waals surface area contributed by atoms with Crippen LogP contribution in [0.3, 0.4) is 0 Å². The monoisotopic (exact) mass is 736 g/mol. The van der Waals surface area contributed by atoms with Crippen LogP contribution >= 0.6 is 0 Å². The molecular formula is C44H82BrNO2. The van der Waals surface area contributed by atoms with Crippen molar-refractivity contribution in [2.24, 2.45) is 0 Å². The van der Waals surface area contributed by atoms with Crippen molar-refractivity contribution < 1.29 is 31.4 Å². The van der Waals surface area contributed by atoms with Crippen LogP contribution in [-0.4, -0.2) is 35.2 Å². The average molecular weight is 737 g/mol. The summed E-state index contributed by atoms with van der Waals surface area (Å²) in [7, 11) is 0. The Labute approximate surface area is 313 Å². The van der Waals surface area contributed by atoms with E-state index in [0.29, 0.717) is 23.3 Å². The molecule has 0 bridgehead atoms. The second-order valence-electron chi connectivity index (χ2n) is 11.5. The van der Waals surface area contributed by atoms with Crippen molar-refractivity contribution in [1.29, 1.82) is 0 Å². The van der Waals surface area contributed by atoms with Crippen LogP contribution < -0.4 is 17.0 Å². The average Bonchev–Trinajstić information content (AvgIpc) is 3.03. The van der Waals surface area contributed by atoms with Crippen molar-refractivity contribution in [2.75, 3.05) is 19.6 Å². The maximum Gasteiger partial charge on any atom is 0.335 e. The normalized spacial score (nSPS) is 11.2. The minimum atomic E-state index is -0.865. The summed E-state index contributed by atoms with van der Waals surface area (Å²) in [4.78, 5) is 10.6. The predicted molar refractivity (Wildman–Crippen MR) is 218 cm³/mol. The second kappa shape index (κ2) is 33.1. The number of hydrogen-bond acceptors (Lipinski definition) is 1. The molecule has 0 aromatic heterocycles. The van der Waals surface area contributed by atoms with Gasteiger partial charge in [-0.25, -0.2) is 4.79 Å². The summed E-state index contributed by atoms with van der Waals surface area (Å²) in [5, 5.41) is 8.67. The van der Waals surface area contributed by atoms with Gasteiger partial charge in [0, 0.05) is 5.56 Å². The number of hydrogen-bond donors (Lipinski definition) is 1. The first kappa shape index (κ1) is 60.9. The molecule has 0 aliphatic rings. The number of nitrogens with zero attached hydrogens (tertiary/aromatic N) is 1. The highest BCUT2D eigenvalue weighted by Crippen LogP contribution is 2.21. The van der Waals surface area contributed by atoms with E-state index in [9.17, 15) is 4.79 Å². The zero-order valence-corrected chi connectivity index (χ0v) is 29.5. The van der Waals surface area contributed by atoms with E-state index in [2.05, 4.69) is 117 Å². The molecule has 1 N–H and O–H groups in total. The number of aromatic carboxylic acids is 1. The highest BCUT2D eigenvalue weighted by Gasteiger charge is 2.21. The van der Waals surface area contributed by atoms with E-state index in [1.54, 1.807) is 12.1 Å². The Balaban J connectivity index is -0.000000101. The van der Waals surface area contributed by atoms with Gasteiger partial charge in [0.25, 0.3) is 0 Å². The number of carboxylic acid groups (broad SMARTS) is 1. The fraction of sp³-hybridized carbons (Fsp3) is 0.568. The molecule has 282 valence electrons. The van der Waals surface area contributed by atoms with E-state index in [4.69, 9.17) is 5.11 Å². The Morgan fingerprint density at radius 1 is 0.542 bits per heavy atom. The summed E-state index contributed by atoms with van der Waals surface area (Å²) in [6.45, 7) is 25.1. The summed E-state index contributed by atoms with van der Waals surface area (Å²) >= 11 is 0. The summed E-state index contributed by atoms with van der Waals surface area (Å²) in [6.07, 6.45) is 3.52. The molecule has 3 unspecified atom stereocenters. The molecule has 3 nitrogen and oxygen atoms in total. The summed E-state index contributed by atoms with van der Waals surface area (Å²) in [5.74, 6) is 1.03. The second-order valence-corrected chi connectivity index (χ2v) is 11.5. The van der Waals surface area contributed by atoms with Gasteiger partial charge in [0.05, 0.1) is 25.2 Å². The van der Waals surface area contributed by atoms with Crippen molar-refractivity contribution in [3.05, 3.63) is 107 Å². The molecule has 3 aromatic rings. The third-order valence-corrected chi connectivity index (χ3v) is 9.01. The van der Waals surface area contributed by atoms with Gasteiger partial charge in [0.2, 0.25) is 0 Å². The Bertz CT molecular complexity index is 1080. The maximum atomic E-state index is 10.6. The molecule has 3 atom stereocenters. The van der Waals surface area contributed by atoms with E-state index < -0.39 is 5.97 Å². The SMILES string of the molecule is C.C.C.C.C.C.CCC(C)c1ccc(C(=O)O)cc1.CCC(C)c1ccc(C[N+](CC)(CC)CC)cc1.CCC(C)c1ccccc1.[Br-]. The minimum Gasteiger partial charge on any atom is -1.00 e. The van der Waals surface area contributed by atoms with Crippen molar-refractivity contribution in [1.82, 2.24) is 0 Å². The van der Waals surface area contributed by atoms with Crippen LogP contribution in [-0.2, 0) is 6.54 Å². The standard InChI is InChI=1S/C17H30N.C11H14O2.C10H14.6CH4.BrH/c1-6-15(5)17-12-10-16(11-13-17)14-18(7-2,8-3)9-4;1-3-8(2)9-4-6-10(7-5-9)11(12)13;1-3-9(2)10-7-5-4-6-8-10;;;;;;;/h10-13,15H,6-9,14H2,1-5H3;4-8H,3H2,1-2H3,(H,12,13);4-9H,3H2,1-2H3;6*1H4;1H/q+1;;;;;;;;;/p-1. The molecule has 0 fully saturated rings. The van der Waals surface area contributed by atoms with Gasteiger partial charge in [-0.1, -0.05) is 153 Å². The fourth-order valence-electron chi connectivity index (χ4n) is 4.79. The Kier molecular flexibility index (Phi) is 41.9. The summed E-state index contributed by atoms with van der Waals surface area (Å²) in [5.41, 5.74) is 5.96. The molecule has 0 saturated heterocycles. The van der Waals surface area contributed by atoms with Crippen molar-refractivity contribution in [3.8, 4) is 0 Å². The quantitative estimate of drug-likeness (QED) is 0.188. The largest absolute Gasteiger partial charge is 1.00 e. The molecule has 0 spiro atoms. The van der Waals surface area contributed by atoms with Crippen LogP contribution in [0.4, 0.5) is 0 Å². The van der Waals surface area contributed by atoms with Crippen LogP contribution in [0.2, 0.25) is 0 Å². The van der Waals surface area contributed by atoms with Gasteiger partial charge in [0.15, 0.2) is 0 Å². The minimum absolute atomic E-state index is 0. The van der Waals surface area contributed by atoms with E-state index in [0.717, 1.165) is 6.42 Å². The third-order valence-electron chi connectivity index (χ3n) is 9.01. The van der Waals surface area contributed by atoms with E-state index in [1.807, 2.05) is 12.1 Å². The summed E-state index contributed by atoms with van der Waals surface area (Å²) < 4.78 is 1.20. The molecule has 0 heterocycles. The van der Waals surface area contributed by atoms with Gasteiger partial charge in [-0.05, 0) is 86.6 Å². The number of rotatable bonds is 12. The van der Waals surface area contributed by atoms with Gasteiger partial charge in [0.1, 0.15) is 6.54 Å². The van der Waals surface area contributed by atoms with Crippen molar-refractivity contribution in [2.45, 2.75) is 150 Å². The topological polar surface area (TPSA) is 37.3 Å². The Morgan fingerprint density at radius 2 is 0.854 bits per heavy atom. The van der Waals surface area contributed by atoms with Crippen molar-refractivity contribution in [3.63, 3.8) is 0 Å². The first-order chi connectivity index (χ1) is 19.6. The van der Waals surface area contributed by atoms with Gasteiger partial charge in [-0.3, -0.25) is 0 Å². The molecule has 3 aromatic carbocycles. The van der Waals surface area contributed by atoms with E-state index in [1.165, 1.54) is 65.8 Å². The number of halogens is 1. The van der Waals surface area contributed by atoms with E-state index in [-0.39, 0.29) is 61.5 Å². The smallest absolute Gasteiger partial charge is 0.335 e. The zero-order chi connectivity index (χ0) is 30.8. The lowest BCUT2D eigenvalue weighted by Gasteiger charge is -2.36. The number of benzene rings is 3. The molecular weight excluding hydrogens is 654 g/mol. The third kappa shape index (κ3) is 20.8. The summed E-state index contributed by atoms with van der Waals surface area (Å²) in [6, 6.07) is 27.0. The highest BCUT2D eigenvalue weighted by molar-refractivity contribution is 5.87. The maximum absolute atomic E-state index is 10.6. The number of carboxylic acids is 1. The lowest BCUT2D eigenvalue weighted by atomic mass is 9.97. The highest BCUT2D eigenvalue weighted by atomic mass is 79.9. The molecule has 0 saturated carbocycles. The molecule has 4 heteroatoms. The van der Waals surface area contributed by atoms with Gasteiger partial charge in [-0.15, -0.1) is 0 Å². The van der Waals surface area contributed by atoms with Crippen LogP contribution in [0.5, 0.6) is 0 Å². The molecule has 0 aliphatic heterocycles. The molecule has 0 radical (unpaired) electrons. The molecule has 0 aliphatic carbocycles. The first-order valence-electron chi connectivity index (χ1n) is 15.9. The van der Waals surface area contributed by atoms with E-state index >= 15 is 0 Å². The predicted octanol–water partition coefficient (Wildman–Crippen LogP) is 11.5. The molecule has 3 rings (SSSR count). The van der Waals surface area contributed by atoms with Gasteiger partial charge in [-0.2, -0.15) is 0 Å². The first-order valence-corrected chi connectivity index (χ1v) is 15.9. The molecule has 0 amide bonds. The Morgan fingerprint density at radius 3 is 1.15 bits per heavy atom. The van der Waals surface area contributed by atoms with Gasteiger partial charge >= 0.3 is 5.97 Å². The van der Waals surface area contributed by atoms with Crippen LogP contribution in [0.25, 0.3) is 0 Å². The lowest BCUT2D eigenvalue weighted by Crippen LogP contribution is -3.00. The molecule has 48 heavy (non-hydrogen) atoms. The Hall–Kier alpha value is -2.43. The van der Waals surface area contributed by atoms with Crippen LogP contribution in [0, 0.1) is 0 Å². The zero-order valence-electron chi connectivity index (χ0n) is 27.9. The van der Waals surface area contributed by atoms with Gasteiger partial charge < -0.3 is 26.6 Å². The van der Waals surface area contributed by atoms with Crippen molar-refractivity contribution >= 4 is 5.97 Å². The number of quaternary nitrogens is 1.